The van der Waals surface area contributed by atoms with E-state index < -0.39 is 44.7 Å². The number of furan rings is 1. The molecule has 0 amide bonds. The molecule has 1 heterocycles. The Balaban J connectivity index is 2.48. The molecule has 4 atom stereocenters. The second-order valence-corrected chi connectivity index (χ2v) is 18.5. The maximum atomic E-state index is 12.8. The van der Waals surface area contributed by atoms with E-state index in [1.165, 1.54) is 24.0 Å². The van der Waals surface area contributed by atoms with Crippen molar-refractivity contribution in [2.45, 2.75) is 174 Å². The van der Waals surface area contributed by atoms with Gasteiger partial charge < -0.3 is 33.5 Å². The minimum Gasteiger partial charge on any atom is -0.466 e. The van der Waals surface area contributed by atoms with E-state index in [0.29, 0.717) is 36.7 Å². The summed E-state index contributed by atoms with van der Waals surface area (Å²) in [5, 5.41) is 20.2. The highest BCUT2D eigenvalue weighted by Gasteiger charge is 2.27. The Morgan fingerprint density at radius 2 is 1.21 bits per heavy atom. The number of aryl methyl sites for hydroxylation is 2. The average molecular weight is 881 g/mol. The van der Waals surface area contributed by atoms with Gasteiger partial charge in [0.05, 0.1) is 40.0 Å². The molecular weight excluding hydrogens is 797 g/mol. The topological polar surface area (TPSA) is 162 Å². The van der Waals surface area contributed by atoms with Gasteiger partial charge in [-0.05, 0) is 69.9 Å². The summed E-state index contributed by atoms with van der Waals surface area (Å²) in [6.07, 6.45) is 29.3. The van der Waals surface area contributed by atoms with E-state index in [2.05, 4.69) is 27.7 Å². The highest BCUT2D eigenvalue weighted by Crippen LogP contribution is 2.43. The number of carbonyl (C=O) groups is 2. The van der Waals surface area contributed by atoms with E-state index in [1.807, 2.05) is 51.5 Å². The Morgan fingerprint density at radius 1 is 0.689 bits per heavy atom. The smallest absolute Gasteiger partial charge is 0.466 e. The van der Waals surface area contributed by atoms with Crippen LogP contribution < -0.4 is 0 Å². The SMILES string of the molecule is CCCCCc1oc(CCCCCCCCC(=O)O[C@H](COC(=O)CCC[C@@H](O)/C=C/C=C\C/C=C\C=C\[C@@H](O)CCCCC)COP(=O)(O)OCC[N+](C)(C)C)c(C)c1C. The van der Waals surface area contributed by atoms with Crippen LogP contribution in [0.15, 0.2) is 53.0 Å². The second-order valence-electron chi connectivity index (χ2n) is 17.1. The molecule has 61 heavy (non-hydrogen) atoms. The Kier molecular flexibility index (Phi) is 31.0. The lowest BCUT2D eigenvalue weighted by Gasteiger charge is -2.24. The number of hydrogen-bond donors (Lipinski definition) is 3. The van der Waals surface area contributed by atoms with Gasteiger partial charge in [-0.1, -0.05) is 120 Å². The van der Waals surface area contributed by atoms with Crippen molar-refractivity contribution in [1.29, 1.82) is 0 Å². The number of unbranched alkanes of at least 4 members (excludes halogenated alkanes) is 9. The van der Waals surface area contributed by atoms with Gasteiger partial charge in [0.25, 0.3) is 0 Å². The fourth-order valence-electron chi connectivity index (χ4n) is 6.29. The highest BCUT2D eigenvalue weighted by atomic mass is 31.2. The monoisotopic (exact) mass is 881 g/mol. The van der Waals surface area contributed by atoms with Gasteiger partial charge in [0, 0.05) is 25.7 Å². The van der Waals surface area contributed by atoms with Crippen molar-refractivity contribution in [3.8, 4) is 0 Å². The van der Waals surface area contributed by atoms with Crippen LogP contribution in [0, 0.1) is 13.8 Å². The van der Waals surface area contributed by atoms with Crippen molar-refractivity contribution < 1.29 is 56.7 Å². The quantitative estimate of drug-likeness (QED) is 0.0192. The van der Waals surface area contributed by atoms with Gasteiger partial charge in [0.2, 0.25) is 0 Å². The average Bonchev–Trinajstić information content (AvgIpc) is 3.46. The van der Waals surface area contributed by atoms with Crippen LogP contribution >= 0.6 is 7.82 Å². The molecule has 0 aliphatic carbocycles. The molecule has 0 spiro atoms. The van der Waals surface area contributed by atoms with Crippen LogP contribution in [0.4, 0.5) is 0 Å². The van der Waals surface area contributed by atoms with Gasteiger partial charge >= 0.3 is 19.8 Å². The number of rotatable bonds is 37. The number of carbonyl (C=O) groups excluding carboxylic acids is 2. The first-order chi connectivity index (χ1) is 29.1. The van der Waals surface area contributed by atoms with E-state index in [9.17, 15) is 29.3 Å². The number of phosphoric ester groups is 1. The zero-order valence-electron chi connectivity index (χ0n) is 38.8. The van der Waals surface area contributed by atoms with Gasteiger partial charge in [-0.3, -0.25) is 18.6 Å². The number of hydrogen-bond acceptors (Lipinski definition) is 10. The lowest BCUT2D eigenvalue weighted by Crippen LogP contribution is -2.37. The molecule has 0 fully saturated rings. The first kappa shape index (κ1) is 56.2. The molecule has 3 N–H and O–H groups in total. The molecule has 1 aromatic rings. The fourth-order valence-corrected chi connectivity index (χ4v) is 7.03. The summed E-state index contributed by atoms with van der Waals surface area (Å²) < 4.78 is 40.4. The fraction of sp³-hybridized carbons (Fsp3) is 0.708. The van der Waals surface area contributed by atoms with Crippen LogP contribution in [-0.4, -0.2) is 97.3 Å². The number of nitrogens with zero attached hydrogens (tertiary/aromatic N) is 1. The van der Waals surface area contributed by atoms with Gasteiger partial charge in [0.15, 0.2) is 6.10 Å². The number of likely N-dealkylation sites (N-methyl/N-ethyl adjacent to an activating group) is 1. The summed E-state index contributed by atoms with van der Waals surface area (Å²) in [6.45, 7) is 8.27. The van der Waals surface area contributed by atoms with Gasteiger partial charge in [0.1, 0.15) is 31.3 Å². The van der Waals surface area contributed by atoms with Gasteiger partial charge in [-0.15, -0.1) is 0 Å². The van der Waals surface area contributed by atoms with Crippen LogP contribution in [0.25, 0.3) is 0 Å². The first-order valence-corrected chi connectivity index (χ1v) is 24.4. The van der Waals surface area contributed by atoms with Crippen molar-refractivity contribution in [1.82, 2.24) is 0 Å². The van der Waals surface area contributed by atoms with E-state index in [4.69, 9.17) is 22.9 Å². The Labute approximate surface area is 368 Å². The Hall–Kier alpha value is -2.83. The molecule has 13 heteroatoms. The molecule has 0 saturated heterocycles. The molecule has 0 aromatic carbocycles. The molecule has 1 aromatic heterocycles. The van der Waals surface area contributed by atoms with Gasteiger partial charge in [-0.25, -0.2) is 4.57 Å². The lowest BCUT2D eigenvalue weighted by atomic mass is 10.0. The van der Waals surface area contributed by atoms with Crippen molar-refractivity contribution in [2.75, 3.05) is 47.5 Å². The van der Waals surface area contributed by atoms with Crippen LogP contribution in [0.5, 0.6) is 0 Å². The number of ether oxygens (including phenoxy) is 2. The molecular formula is C48H83NO11P+. The van der Waals surface area contributed by atoms with Crippen molar-refractivity contribution in [3.05, 3.63) is 71.3 Å². The zero-order valence-corrected chi connectivity index (χ0v) is 39.7. The van der Waals surface area contributed by atoms with E-state index in [-0.39, 0.29) is 26.1 Å². The molecule has 1 unspecified atom stereocenters. The number of esters is 2. The Morgan fingerprint density at radius 3 is 1.80 bits per heavy atom. The van der Waals surface area contributed by atoms with E-state index >= 15 is 0 Å². The predicted molar refractivity (Wildman–Crippen MR) is 244 cm³/mol. The Bertz CT molecular complexity index is 1490. The molecule has 0 saturated carbocycles. The minimum atomic E-state index is -4.45. The van der Waals surface area contributed by atoms with Crippen LogP contribution in [0.1, 0.15) is 152 Å². The molecule has 0 radical (unpaired) electrons. The third-order valence-electron chi connectivity index (χ3n) is 10.3. The summed E-state index contributed by atoms with van der Waals surface area (Å²) in [6, 6.07) is 0. The zero-order chi connectivity index (χ0) is 45.4. The van der Waals surface area contributed by atoms with E-state index in [1.54, 1.807) is 18.2 Å². The third-order valence-corrected chi connectivity index (χ3v) is 11.3. The van der Waals surface area contributed by atoms with Crippen LogP contribution in [0.2, 0.25) is 0 Å². The standard InChI is InChI=1S/C48H82NO11P/c1-8-10-21-28-42(50)29-23-17-13-12-14-18-24-30-43(51)31-27-35-47(52)56-38-44(39-58-61(54,55)57-37-36-49(5,6)7)59-48(53)34-26-20-16-15-19-25-33-46-41(4)40(3)45(60-46)32-22-11-9-2/h13-14,17-18,23-24,29-30,42-44,50-51H,8-12,15-16,19-22,25-28,31-39H2,1-7H3/p+1/b17-13-,18-14-,29-23+,30-24+/t42-,43-,44+/m0/s1. The number of aliphatic hydroxyl groups excluding tert-OH is 2. The van der Waals surface area contributed by atoms with E-state index in [0.717, 1.165) is 88.6 Å². The maximum Gasteiger partial charge on any atom is 0.472 e. The maximum absolute atomic E-state index is 12.8. The minimum absolute atomic E-state index is 0.0166. The molecule has 0 aliphatic heterocycles. The van der Waals surface area contributed by atoms with Crippen molar-refractivity contribution in [3.63, 3.8) is 0 Å². The summed E-state index contributed by atoms with van der Waals surface area (Å²) >= 11 is 0. The number of allylic oxidation sites excluding steroid dienone is 6. The summed E-state index contributed by atoms with van der Waals surface area (Å²) in [5.41, 5.74) is 2.57. The summed E-state index contributed by atoms with van der Waals surface area (Å²) in [5.74, 6) is 1.18. The summed E-state index contributed by atoms with van der Waals surface area (Å²) in [7, 11) is 1.31. The van der Waals surface area contributed by atoms with Crippen molar-refractivity contribution in [2.24, 2.45) is 0 Å². The number of phosphoric acid groups is 1. The molecule has 0 bridgehead atoms. The molecule has 0 aliphatic rings. The largest absolute Gasteiger partial charge is 0.472 e. The molecule has 1 rings (SSSR count). The first-order valence-electron chi connectivity index (χ1n) is 22.9. The molecule has 12 nitrogen and oxygen atoms in total. The second kappa shape index (κ2) is 33.7. The number of quaternary nitrogens is 1. The molecule has 350 valence electrons. The van der Waals surface area contributed by atoms with Crippen molar-refractivity contribution >= 4 is 19.8 Å². The van der Waals surface area contributed by atoms with Crippen LogP contribution in [0.3, 0.4) is 0 Å². The lowest BCUT2D eigenvalue weighted by molar-refractivity contribution is -0.870. The third kappa shape index (κ3) is 30.8. The summed E-state index contributed by atoms with van der Waals surface area (Å²) in [4.78, 5) is 35.6. The highest BCUT2D eigenvalue weighted by molar-refractivity contribution is 7.47. The van der Waals surface area contributed by atoms with Crippen LogP contribution in [-0.2, 0) is 45.5 Å². The normalized spacial score (nSPS) is 15.0. The number of aliphatic hydroxyl groups is 2. The predicted octanol–water partition coefficient (Wildman–Crippen LogP) is 10.3. The van der Waals surface area contributed by atoms with Gasteiger partial charge in [-0.2, -0.15) is 0 Å².